The van der Waals surface area contributed by atoms with Crippen LogP contribution in [-0.4, -0.2) is 45.5 Å². The average Bonchev–Trinajstić information content (AvgIpc) is 2.41. The third-order valence-electron chi connectivity index (χ3n) is 0.906. The lowest BCUT2D eigenvalue weighted by molar-refractivity contribution is -0.140. The first-order valence-corrected chi connectivity index (χ1v) is 4.89. The van der Waals surface area contributed by atoms with E-state index in [9.17, 15) is 9.59 Å². The fraction of sp³-hybridized carbons (Fsp3) is 0.818. The van der Waals surface area contributed by atoms with Gasteiger partial charge < -0.3 is 19.9 Å². The maximum Gasteiger partial charge on any atom is 0.406 e. The van der Waals surface area contributed by atoms with Gasteiger partial charge in [-0.2, -0.15) is 0 Å². The lowest BCUT2D eigenvalue weighted by atomic mass is 10.5. The van der Waals surface area contributed by atoms with Crippen LogP contribution in [0.4, 0.5) is 4.79 Å². The van der Waals surface area contributed by atoms with E-state index in [1.807, 2.05) is 13.8 Å². The molecule has 0 atom stereocenters. The predicted molar refractivity (Wildman–Crippen MR) is 70.0 cm³/mol. The molecule has 0 radical (unpaired) electrons. The molecule has 0 aliphatic heterocycles. The number of carbonyl (C=O) groups excluding carboxylic acids is 2. The van der Waals surface area contributed by atoms with Gasteiger partial charge in [0, 0.05) is 20.6 Å². The largest absolute Gasteiger partial charge is 0.469 e. The van der Waals surface area contributed by atoms with Gasteiger partial charge in [0.1, 0.15) is 0 Å². The molecule has 0 aliphatic carbocycles. The van der Waals surface area contributed by atoms with Gasteiger partial charge in [0.2, 0.25) is 0 Å². The first-order chi connectivity index (χ1) is 7.62. The van der Waals surface area contributed by atoms with Gasteiger partial charge in [-0.05, 0) is 0 Å². The molecule has 0 aliphatic rings. The number of ether oxygens (including phenoxy) is 2. The van der Waals surface area contributed by atoms with Crippen LogP contribution in [0, 0.1) is 0 Å². The molecule has 0 bridgehead atoms. The normalized spacial score (nSPS) is 5.88. The number of amides is 1. The van der Waals surface area contributed by atoms with Gasteiger partial charge in [0.25, 0.3) is 0 Å². The van der Waals surface area contributed by atoms with E-state index >= 15 is 0 Å². The van der Waals surface area contributed by atoms with E-state index in [1.54, 1.807) is 6.92 Å². The summed E-state index contributed by atoms with van der Waals surface area (Å²) < 4.78 is 8.41. The van der Waals surface area contributed by atoms with Gasteiger partial charge in [-0.15, -0.1) is 0 Å². The first kappa shape index (κ1) is 29.6. The van der Waals surface area contributed by atoms with E-state index in [0.29, 0.717) is 6.42 Å². The number of esters is 1. The Balaban J connectivity index is -0.0000000417. The van der Waals surface area contributed by atoms with Crippen molar-refractivity contribution in [2.45, 2.75) is 34.6 Å². The van der Waals surface area contributed by atoms with E-state index in [1.165, 1.54) is 21.3 Å². The molecule has 0 aromatic carbocycles. The summed E-state index contributed by atoms with van der Waals surface area (Å²) in [6.45, 7) is 5.76. The third-order valence-corrected chi connectivity index (χ3v) is 0.906. The second-order valence-electron chi connectivity index (χ2n) is 1.67. The number of carbonyl (C=O) groups is 2. The fourth-order valence-corrected chi connectivity index (χ4v) is 0.246. The van der Waals surface area contributed by atoms with Crippen LogP contribution in [0.1, 0.15) is 34.6 Å². The molecule has 0 heterocycles. The zero-order valence-corrected chi connectivity index (χ0v) is 11.3. The number of hydrogen-bond donors (Lipinski definition) is 2. The summed E-state index contributed by atoms with van der Waals surface area (Å²) in [6, 6.07) is 0. The molecule has 0 aromatic heterocycles. The SMILES string of the molecule is C.CC.CCC(=O)OC.CNC(=O)OC.CO. The highest BCUT2D eigenvalue weighted by Crippen LogP contribution is 1.76. The Hall–Kier alpha value is -1.30. The highest BCUT2D eigenvalue weighted by atomic mass is 16.5. The molecule has 6 nitrogen and oxygen atoms in total. The van der Waals surface area contributed by atoms with Crippen molar-refractivity contribution < 1.29 is 24.2 Å². The smallest absolute Gasteiger partial charge is 0.406 e. The van der Waals surface area contributed by atoms with Crippen LogP contribution in [0.25, 0.3) is 0 Å². The summed E-state index contributed by atoms with van der Waals surface area (Å²) in [4.78, 5) is 19.8. The molecule has 0 saturated heterocycles. The highest BCUT2D eigenvalue weighted by molar-refractivity contribution is 5.68. The molecule has 0 rings (SSSR count). The Morgan fingerprint density at radius 3 is 1.47 bits per heavy atom. The third kappa shape index (κ3) is 52.8. The number of alkyl carbamates (subject to hydrolysis) is 1. The van der Waals surface area contributed by atoms with Gasteiger partial charge in [-0.3, -0.25) is 4.79 Å². The van der Waals surface area contributed by atoms with E-state index in [4.69, 9.17) is 5.11 Å². The second kappa shape index (κ2) is 36.5. The number of aliphatic hydroxyl groups is 1. The molecule has 0 aromatic rings. The maximum atomic E-state index is 9.96. The molecule has 0 unspecified atom stereocenters. The zero-order chi connectivity index (χ0) is 14.0. The Kier molecular flexibility index (Phi) is 63.5. The Bertz CT molecular complexity index is 112. The molecule has 0 spiro atoms. The summed E-state index contributed by atoms with van der Waals surface area (Å²) in [5, 5.41) is 9.25. The van der Waals surface area contributed by atoms with Crippen molar-refractivity contribution in [2.24, 2.45) is 0 Å². The van der Waals surface area contributed by atoms with Crippen LogP contribution in [0.3, 0.4) is 0 Å². The monoisotopic (exact) mass is 255 g/mol. The van der Waals surface area contributed by atoms with Crippen LogP contribution in [0.2, 0.25) is 0 Å². The minimum atomic E-state index is -0.407. The van der Waals surface area contributed by atoms with Crippen molar-refractivity contribution in [3.05, 3.63) is 0 Å². The number of hydrogen-bond acceptors (Lipinski definition) is 5. The van der Waals surface area contributed by atoms with Gasteiger partial charge in [-0.1, -0.05) is 28.2 Å². The van der Waals surface area contributed by atoms with Gasteiger partial charge in [-0.25, -0.2) is 4.79 Å². The molecule has 2 N–H and O–H groups in total. The van der Waals surface area contributed by atoms with Crippen molar-refractivity contribution in [3.8, 4) is 0 Å². The predicted octanol–water partition coefficient (Wildman–Crippen LogP) is 1.81. The van der Waals surface area contributed by atoms with E-state index < -0.39 is 6.09 Å². The summed E-state index contributed by atoms with van der Waals surface area (Å²) in [6.07, 6.45) is 0.0613. The molecular formula is C11H29NO5. The molecule has 17 heavy (non-hydrogen) atoms. The van der Waals surface area contributed by atoms with Crippen molar-refractivity contribution in [1.29, 1.82) is 0 Å². The van der Waals surface area contributed by atoms with Crippen molar-refractivity contribution in [3.63, 3.8) is 0 Å². The van der Waals surface area contributed by atoms with Crippen molar-refractivity contribution in [2.75, 3.05) is 28.4 Å². The average molecular weight is 255 g/mol. The van der Waals surface area contributed by atoms with E-state index in [-0.39, 0.29) is 13.4 Å². The summed E-state index contributed by atoms with van der Waals surface area (Å²) in [7, 11) is 5.20. The molecule has 0 saturated carbocycles. The highest BCUT2D eigenvalue weighted by Gasteiger charge is 1.87. The van der Waals surface area contributed by atoms with E-state index in [2.05, 4.69) is 14.8 Å². The quantitative estimate of drug-likeness (QED) is 0.698. The second-order valence-corrected chi connectivity index (χ2v) is 1.67. The lowest BCUT2D eigenvalue weighted by Gasteiger charge is -1.90. The lowest BCUT2D eigenvalue weighted by Crippen LogP contribution is -2.16. The zero-order valence-electron chi connectivity index (χ0n) is 11.3. The van der Waals surface area contributed by atoms with Gasteiger partial charge >= 0.3 is 12.1 Å². The van der Waals surface area contributed by atoms with Gasteiger partial charge in [0.15, 0.2) is 0 Å². The molecule has 0 fully saturated rings. The summed E-state index contributed by atoms with van der Waals surface area (Å²) in [5.41, 5.74) is 0. The summed E-state index contributed by atoms with van der Waals surface area (Å²) in [5.74, 6) is -0.157. The standard InChI is InChI=1S/C4H8O2.C3H7NO2.C2H6.CH4O.CH4/c1-3-4(5)6-2;1-4-3(5)6-2;2*1-2;/h3H2,1-2H3;1-2H3,(H,4,5);1-2H3;2H,1H3;1H4. The Morgan fingerprint density at radius 1 is 1.12 bits per heavy atom. The Morgan fingerprint density at radius 2 is 1.47 bits per heavy atom. The molecule has 108 valence electrons. The molecule has 6 heteroatoms. The van der Waals surface area contributed by atoms with Crippen molar-refractivity contribution >= 4 is 12.1 Å². The van der Waals surface area contributed by atoms with Gasteiger partial charge in [0.05, 0.1) is 14.2 Å². The van der Waals surface area contributed by atoms with E-state index in [0.717, 1.165) is 7.11 Å². The van der Waals surface area contributed by atoms with Crippen LogP contribution in [0.15, 0.2) is 0 Å². The molecule has 1 amide bonds. The molecular weight excluding hydrogens is 226 g/mol. The van der Waals surface area contributed by atoms with Crippen LogP contribution >= 0.6 is 0 Å². The number of methoxy groups -OCH3 is 2. The maximum absolute atomic E-state index is 9.96. The fourth-order valence-electron chi connectivity index (χ4n) is 0.246. The first-order valence-electron chi connectivity index (χ1n) is 4.89. The number of nitrogens with one attached hydrogen (secondary N) is 1. The van der Waals surface area contributed by atoms with Crippen LogP contribution < -0.4 is 5.32 Å². The minimum absolute atomic E-state index is 0. The minimum Gasteiger partial charge on any atom is -0.469 e. The van der Waals surface area contributed by atoms with Crippen LogP contribution in [0.5, 0.6) is 0 Å². The van der Waals surface area contributed by atoms with Crippen molar-refractivity contribution in [1.82, 2.24) is 5.32 Å². The number of rotatable bonds is 1. The number of aliphatic hydroxyl groups excluding tert-OH is 1. The topological polar surface area (TPSA) is 84.9 Å². The van der Waals surface area contributed by atoms with Crippen LogP contribution in [-0.2, 0) is 14.3 Å². The summed E-state index contributed by atoms with van der Waals surface area (Å²) >= 11 is 0. The Labute approximate surface area is 105 Å².